The van der Waals surface area contributed by atoms with Crippen molar-refractivity contribution in [1.82, 2.24) is 15.0 Å². The van der Waals surface area contributed by atoms with E-state index >= 15 is 0 Å². The van der Waals surface area contributed by atoms with Crippen LogP contribution in [0.2, 0.25) is 0 Å². The minimum Gasteiger partial charge on any atom is -0.304 e. The number of aryl methyl sites for hydroxylation is 2. The first-order valence-corrected chi connectivity index (χ1v) is 21.9. The summed E-state index contributed by atoms with van der Waals surface area (Å²) in [6.45, 7) is 15.3. The summed E-state index contributed by atoms with van der Waals surface area (Å²) in [5, 5.41) is 0. The molecule has 5 aromatic carbocycles. The molecule has 4 heteroatoms. The van der Waals surface area contributed by atoms with Crippen molar-refractivity contribution in [2.45, 2.75) is 91.3 Å². The molecule has 0 saturated heterocycles. The number of rotatable bonds is 14. The summed E-state index contributed by atoms with van der Waals surface area (Å²) in [6, 6.07) is 57.3. The van der Waals surface area contributed by atoms with Gasteiger partial charge < -0.3 is 15.0 Å². The first-order chi connectivity index (χ1) is 31.8. The minimum atomic E-state index is -2.53. The molecule has 8 rings (SSSR count). The van der Waals surface area contributed by atoms with Gasteiger partial charge >= 0.3 is 20.1 Å². The average molecular weight is 1020 g/mol. The molecule has 0 fully saturated rings. The molecule has 3 heterocycles. The average Bonchev–Trinajstić information content (AvgIpc) is 3.31. The van der Waals surface area contributed by atoms with Gasteiger partial charge in [-0.1, -0.05) is 121 Å². The van der Waals surface area contributed by atoms with Crippen LogP contribution in [0.15, 0.2) is 164 Å². The number of benzene rings is 5. The van der Waals surface area contributed by atoms with E-state index in [1.54, 1.807) is 0 Å². The molecule has 0 aliphatic heterocycles. The van der Waals surface area contributed by atoms with Crippen LogP contribution in [0.5, 0.6) is 0 Å². The monoisotopic (exact) mass is 1020 g/mol. The third-order valence-corrected chi connectivity index (χ3v) is 11.6. The molecule has 8 aromatic rings. The Bertz CT molecular complexity index is 2810. The van der Waals surface area contributed by atoms with Gasteiger partial charge in [0.05, 0.1) is 0 Å². The molecule has 0 bridgehead atoms. The fourth-order valence-corrected chi connectivity index (χ4v) is 8.32. The van der Waals surface area contributed by atoms with Crippen molar-refractivity contribution >= 4 is 0 Å². The molecule has 0 N–H and O–H groups in total. The maximum Gasteiger partial charge on any atom is 3.00 e. The van der Waals surface area contributed by atoms with Crippen LogP contribution in [0, 0.1) is 23.6 Å². The fraction of sp³-hybridized carbons (Fsp3) is 0.250. The normalized spacial score (nSPS) is 13.2. The van der Waals surface area contributed by atoms with Crippen LogP contribution in [0.25, 0.3) is 44.9 Å². The molecular weight excluding hydrogens is 955 g/mol. The van der Waals surface area contributed by atoms with Crippen molar-refractivity contribution < 1.29 is 25.6 Å². The molecule has 0 aliphatic carbocycles. The molecule has 3 aromatic heterocycles. The van der Waals surface area contributed by atoms with Crippen LogP contribution in [0.4, 0.5) is 0 Å². The molecule has 0 aliphatic rings. The minimum absolute atomic E-state index is 0. The summed E-state index contributed by atoms with van der Waals surface area (Å²) >= 11 is 0. The van der Waals surface area contributed by atoms with Gasteiger partial charge in [0, 0.05) is 24.1 Å². The topological polar surface area (TPSA) is 38.7 Å². The first kappa shape index (κ1) is 40.9. The molecule has 0 spiro atoms. The van der Waals surface area contributed by atoms with Gasteiger partial charge in [0.2, 0.25) is 0 Å². The van der Waals surface area contributed by atoms with Gasteiger partial charge in [0.1, 0.15) is 0 Å². The molecule has 322 valence electrons. The van der Waals surface area contributed by atoms with Crippen molar-refractivity contribution in [3.8, 4) is 44.9 Å². The Kier molecular flexibility index (Phi) is 12.8. The van der Waals surface area contributed by atoms with E-state index in [4.69, 9.17) is 15.0 Å². The molecular formula is C60H58IrN3. The number of nitrogens with zero attached hydrogens (tertiary/aromatic N) is 3. The van der Waals surface area contributed by atoms with E-state index in [0.29, 0.717) is 24.1 Å². The summed E-state index contributed by atoms with van der Waals surface area (Å²) in [5.41, 5.74) is 11.1. The quantitative estimate of drug-likeness (QED) is 0.102. The number of aromatic nitrogens is 3. The van der Waals surface area contributed by atoms with Crippen LogP contribution >= 0.6 is 0 Å². The van der Waals surface area contributed by atoms with E-state index < -0.39 is 23.6 Å². The maximum absolute atomic E-state index is 9.94. The number of pyridine rings is 3. The van der Waals surface area contributed by atoms with Gasteiger partial charge in [-0.25, -0.2) is 0 Å². The summed E-state index contributed by atoms with van der Waals surface area (Å²) in [6.07, 6.45) is 2.36. The molecule has 3 nitrogen and oxygen atoms in total. The molecule has 0 saturated carbocycles. The third kappa shape index (κ3) is 11.7. The van der Waals surface area contributed by atoms with Gasteiger partial charge in [-0.15, -0.1) is 108 Å². The standard InChI is InChI=1S/C60H58N3.Ir/c1-58(2,3)37-43-23-26-47(27-24-43)54-36-57(50-21-15-10-16-22-50)61-40-51(54)28-25-44-33-45(38-59(4,5)52-29-31-55(62-41-52)48-17-11-8-12-18-48)35-46(34-44)39-60(6,7)53-30-32-56(63-42-53)49-19-13-9-14-20-49;/h8-17,19,21,23-24,26-27,29-36,40-42H,25,28,37-39H2,1-7H3;/q-3;+3/i25D2,28D2;. The molecule has 64 heavy (non-hydrogen) atoms. The van der Waals surface area contributed by atoms with Crippen LogP contribution in [0.3, 0.4) is 0 Å². The van der Waals surface area contributed by atoms with Gasteiger partial charge in [0.15, 0.2) is 0 Å². The SMILES string of the molecule is [2H]C([2H])(c1cc(CC(C)(C)c2ccc(-c3[c-]cccc3)nc2)cc(CC(C)(C)c2ccc(-c3[c-]cccc3)nc2)c1)C([2H])([2H])c1cnc(-c2[c-]cccc2)cc1-c1ccc(CC(C)(C)C)cc1.[Ir+3]. The number of hydrogen-bond donors (Lipinski definition) is 0. The van der Waals surface area contributed by atoms with Crippen LogP contribution in [0.1, 0.15) is 92.9 Å². The van der Waals surface area contributed by atoms with Crippen molar-refractivity contribution in [1.29, 1.82) is 0 Å². The van der Waals surface area contributed by atoms with E-state index in [0.717, 1.165) is 62.3 Å². The van der Waals surface area contributed by atoms with Crippen molar-refractivity contribution in [2.75, 3.05) is 0 Å². The van der Waals surface area contributed by atoms with Crippen molar-refractivity contribution in [3.05, 3.63) is 221 Å². The summed E-state index contributed by atoms with van der Waals surface area (Å²) < 4.78 is 39.7. The Morgan fingerprint density at radius 1 is 0.453 bits per heavy atom. The fourth-order valence-electron chi connectivity index (χ4n) is 8.32. The molecule has 0 amide bonds. The summed E-state index contributed by atoms with van der Waals surface area (Å²) in [7, 11) is 0. The molecule has 0 radical (unpaired) electrons. The van der Waals surface area contributed by atoms with E-state index in [-0.39, 0.29) is 36.6 Å². The van der Waals surface area contributed by atoms with E-state index in [1.165, 1.54) is 11.8 Å². The molecule has 0 unspecified atom stereocenters. The Hall–Kier alpha value is -5.80. The van der Waals surface area contributed by atoms with Crippen LogP contribution in [-0.4, -0.2) is 15.0 Å². The smallest absolute Gasteiger partial charge is 0.304 e. The number of hydrogen-bond acceptors (Lipinski definition) is 3. The van der Waals surface area contributed by atoms with Gasteiger partial charge in [-0.2, -0.15) is 0 Å². The predicted molar refractivity (Wildman–Crippen MR) is 261 cm³/mol. The first-order valence-electron chi connectivity index (χ1n) is 23.9. The van der Waals surface area contributed by atoms with Gasteiger partial charge in [0.25, 0.3) is 0 Å². The maximum atomic E-state index is 9.94. The molecule has 0 atom stereocenters. The summed E-state index contributed by atoms with van der Waals surface area (Å²) in [5.74, 6) is 0. The van der Waals surface area contributed by atoms with Gasteiger partial charge in [-0.3, -0.25) is 0 Å². The zero-order chi connectivity index (χ0) is 47.6. The summed E-state index contributed by atoms with van der Waals surface area (Å²) in [4.78, 5) is 14.4. The van der Waals surface area contributed by atoms with E-state index in [9.17, 15) is 5.48 Å². The van der Waals surface area contributed by atoms with E-state index in [1.807, 2.05) is 128 Å². The zero-order valence-corrected chi connectivity index (χ0v) is 40.3. The largest absolute Gasteiger partial charge is 3.00 e. The Morgan fingerprint density at radius 2 is 0.922 bits per heavy atom. The van der Waals surface area contributed by atoms with Crippen LogP contribution < -0.4 is 0 Å². The third-order valence-electron chi connectivity index (χ3n) is 11.6. The van der Waals surface area contributed by atoms with Crippen LogP contribution in [-0.2, 0) is 62.9 Å². The van der Waals surface area contributed by atoms with Crippen molar-refractivity contribution in [3.63, 3.8) is 0 Å². The predicted octanol–water partition coefficient (Wildman–Crippen LogP) is 14.4. The Balaban J connectivity index is 0.00000684. The van der Waals surface area contributed by atoms with E-state index in [2.05, 4.69) is 97.0 Å². The van der Waals surface area contributed by atoms with Crippen molar-refractivity contribution in [2.24, 2.45) is 5.41 Å². The Labute approximate surface area is 401 Å². The Morgan fingerprint density at radius 3 is 1.36 bits per heavy atom. The second kappa shape index (κ2) is 19.9. The van der Waals surface area contributed by atoms with Gasteiger partial charge in [-0.05, 0) is 115 Å². The second-order valence-electron chi connectivity index (χ2n) is 19.2. The second-order valence-corrected chi connectivity index (χ2v) is 19.2. The zero-order valence-electron chi connectivity index (χ0n) is 41.9.